The van der Waals surface area contributed by atoms with E-state index in [0.717, 1.165) is 51.4 Å². The number of unbranched alkanes of at least 4 members (excludes halogenated alkanes) is 2. The van der Waals surface area contributed by atoms with Gasteiger partial charge in [0.1, 0.15) is 5.78 Å². The molecule has 0 aromatic carbocycles. The second-order valence-electron chi connectivity index (χ2n) is 9.95. The topological polar surface area (TPSA) is 69.7 Å². The Kier molecular flexibility index (Phi) is 8.08. The van der Waals surface area contributed by atoms with Crippen molar-refractivity contribution in [3.8, 4) is 0 Å². The standard InChI is InChI=1S/C23H38O5/c1-22(2,18-11-15-27-20(18)25)13-7-5-9-17(24)10-6-8-14-23(3,4)19-12-16-28-21(19)26/h18-19H,5-16H2,1-4H3. The molecule has 160 valence electrons. The fourth-order valence-electron chi connectivity index (χ4n) is 4.69. The Balaban J connectivity index is 1.56. The number of cyclic esters (lactones) is 2. The average Bonchev–Trinajstić information content (AvgIpc) is 3.24. The smallest absolute Gasteiger partial charge is 0.309 e. The van der Waals surface area contributed by atoms with E-state index >= 15 is 0 Å². The van der Waals surface area contributed by atoms with Gasteiger partial charge in [-0.25, -0.2) is 0 Å². The van der Waals surface area contributed by atoms with Crippen LogP contribution in [0.1, 0.15) is 91.9 Å². The Bertz CT molecular complexity index is 515. The molecule has 2 atom stereocenters. The maximum absolute atomic E-state index is 12.2. The molecule has 0 spiro atoms. The third-order valence-corrected chi connectivity index (χ3v) is 6.81. The van der Waals surface area contributed by atoms with Gasteiger partial charge in [0.25, 0.3) is 0 Å². The quantitative estimate of drug-likeness (QED) is 0.349. The van der Waals surface area contributed by atoms with Gasteiger partial charge < -0.3 is 9.47 Å². The molecule has 0 aliphatic carbocycles. The highest BCUT2D eigenvalue weighted by molar-refractivity contribution is 5.78. The van der Waals surface area contributed by atoms with Crippen molar-refractivity contribution >= 4 is 17.7 Å². The zero-order chi connectivity index (χ0) is 20.8. The molecule has 28 heavy (non-hydrogen) atoms. The number of Topliss-reactive ketones (excluding diaryl/α,β-unsaturated/α-hetero) is 1. The van der Waals surface area contributed by atoms with Crippen LogP contribution in [0.5, 0.6) is 0 Å². The number of hydrogen-bond acceptors (Lipinski definition) is 5. The van der Waals surface area contributed by atoms with E-state index in [9.17, 15) is 14.4 Å². The molecule has 0 bridgehead atoms. The lowest BCUT2D eigenvalue weighted by Gasteiger charge is -2.29. The van der Waals surface area contributed by atoms with Crippen molar-refractivity contribution in [3.05, 3.63) is 0 Å². The molecule has 2 unspecified atom stereocenters. The zero-order valence-corrected chi connectivity index (χ0v) is 18.2. The van der Waals surface area contributed by atoms with Crippen LogP contribution >= 0.6 is 0 Å². The minimum Gasteiger partial charge on any atom is -0.465 e. The van der Waals surface area contributed by atoms with Gasteiger partial charge in [-0.15, -0.1) is 0 Å². The van der Waals surface area contributed by atoms with Crippen LogP contribution in [0.2, 0.25) is 0 Å². The largest absolute Gasteiger partial charge is 0.465 e. The monoisotopic (exact) mass is 394 g/mol. The van der Waals surface area contributed by atoms with Gasteiger partial charge in [0.05, 0.1) is 25.0 Å². The number of ether oxygens (including phenoxy) is 2. The highest BCUT2D eigenvalue weighted by Crippen LogP contribution is 2.39. The van der Waals surface area contributed by atoms with Gasteiger partial charge in [-0.2, -0.15) is 0 Å². The van der Waals surface area contributed by atoms with Gasteiger partial charge in [-0.05, 0) is 49.4 Å². The Morgan fingerprint density at radius 1 is 0.786 bits per heavy atom. The number of rotatable bonds is 12. The summed E-state index contributed by atoms with van der Waals surface area (Å²) in [5.74, 6) is 0.216. The van der Waals surface area contributed by atoms with Gasteiger partial charge in [-0.3, -0.25) is 14.4 Å². The van der Waals surface area contributed by atoms with Crippen molar-refractivity contribution in [2.24, 2.45) is 22.7 Å². The molecule has 5 heteroatoms. The van der Waals surface area contributed by atoms with Crippen LogP contribution in [-0.2, 0) is 23.9 Å². The molecule has 5 nitrogen and oxygen atoms in total. The Hall–Kier alpha value is -1.39. The van der Waals surface area contributed by atoms with Crippen molar-refractivity contribution in [1.29, 1.82) is 0 Å². The average molecular weight is 395 g/mol. The van der Waals surface area contributed by atoms with E-state index in [1.807, 2.05) is 0 Å². The summed E-state index contributed by atoms with van der Waals surface area (Å²) in [7, 11) is 0. The summed E-state index contributed by atoms with van der Waals surface area (Å²) in [6.07, 6.45) is 8.52. The fraction of sp³-hybridized carbons (Fsp3) is 0.870. The second-order valence-corrected chi connectivity index (χ2v) is 9.95. The molecule has 2 rings (SSSR count). The van der Waals surface area contributed by atoms with E-state index in [1.165, 1.54) is 0 Å². The maximum Gasteiger partial charge on any atom is 0.309 e. The Morgan fingerprint density at radius 3 is 1.50 bits per heavy atom. The van der Waals surface area contributed by atoms with E-state index < -0.39 is 0 Å². The lowest BCUT2D eigenvalue weighted by atomic mass is 9.74. The second kappa shape index (κ2) is 9.89. The van der Waals surface area contributed by atoms with Crippen molar-refractivity contribution < 1.29 is 23.9 Å². The minimum atomic E-state index is -0.0603. The fourth-order valence-corrected chi connectivity index (χ4v) is 4.69. The van der Waals surface area contributed by atoms with E-state index in [4.69, 9.17) is 9.47 Å². The first kappa shape index (κ1) is 22.9. The molecule has 2 fully saturated rings. The summed E-state index contributed by atoms with van der Waals surface area (Å²) in [6.45, 7) is 9.62. The van der Waals surface area contributed by atoms with Crippen LogP contribution in [0.3, 0.4) is 0 Å². The summed E-state index contributed by atoms with van der Waals surface area (Å²) in [6, 6.07) is 0. The van der Waals surface area contributed by atoms with Crippen LogP contribution in [0.4, 0.5) is 0 Å². The van der Waals surface area contributed by atoms with Crippen LogP contribution in [0.15, 0.2) is 0 Å². The lowest BCUT2D eigenvalue weighted by molar-refractivity contribution is -0.145. The van der Waals surface area contributed by atoms with Crippen molar-refractivity contribution in [1.82, 2.24) is 0 Å². The highest BCUT2D eigenvalue weighted by atomic mass is 16.5. The molecule has 0 saturated carbocycles. The molecule has 2 heterocycles. The van der Waals surface area contributed by atoms with Gasteiger partial charge in [-0.1, -0.05) is 40.5 Å². The van der Waals surface area contributed by atoms with E-state index in [1.54, 1.807) is 0 Å². The molecule has 0 radical (unpaired) electrons. The summed E-state index contributed by atoms with van der Waals surface area (Å²) in [5.41, 5.74) is -0.104. The number of carbonyl (C=O) groups excluding carboxylic acids is 3. The van der Waals surface area contributed by atoms with E-state index in [2.05, 4.69) is 27.7 Å². The summed E-state index contributed by atoms with van der Waals surface area (Å²) in [5, 5.41) is 0. The summed E-state index contributed by atoms with van der Waals surface area (Å²) >= 11 is 0. The first-order chi connectivity index (χ1) is 13.1. The van der Waals surface area contributed by atoms with Gasteiger partial charge >= 0.3 is 11.9 Å². The summed E-state index contributed by atoms with van der Waals surface area (Å²) in [4.78, 5) is 35.7. The molecular weight excluding hydrogens is 356 g/mol. The SMILES string of the molecule is CC(C)(CCCCC(=O)CCCCC(C)(C)C1CCOC1=O)C1CCOC1=O. The molecule has 0 aromatic rings. The first-order valence-electron chi connectivity index (χ1n) is 11.0. The molecular formula is C23H38O5. The van der Waals surface area contributed by atoms with Gasteiger partial charge in [0, 0.05) is 12.8 Å². The predicted octanol–water partition coefficient (Wildman–Crippen LogP) is 4.85. The van der Waals surface area contributed by atoms with Crippen LogP contribution in [-0.4, -0.2) is 30.9 Å². The number of esters is 2. The maximum atomic E-state index is 12.2. The highest BCUT2D eigenvalue weighted by Gasteiger charge is 2.40. The predicted molar refractivity (Wildman–Crippen MR) is 108 cm³/mol. The third kappa shape index (κ3) is 6.31. The first-order valence-corrected chi connectivity index (χ1v) is 11.0. The van der Waals surface area contributed by atoms with E-state index in [-0.39, 0.29) is 34.6 Å². The zero-order valence-electron chi connectivity index (χ0n) is 18.2. The molecule has 0 amide bonds. The summed E-state index contributed by atoms with van der Waals surface area (Å²) < 4.78 is 10.2. The molecule has 0 aromatic heterocycles. The van der Waals surface area contributed by atoms with Crippen LogP contribution in [0.25, 0.3) is 0 Å². The van der Waals surface area contributed by atoms with Crippen LogP contribution < -0.4 is 0 Å². The normalized spacial score (nSPS) is 23.0. The lowest BCUT2D eigenvalue weighted by Crippen LogP contribution is -2.27. The number of hydrogen-bond donors (Lipinski definition) is 0. The molecule has 0 N–H and O–H groups in total. The van der Waals surface area contributed by atoms with E-state index in [0.29, 0.717) is 31.8 Å². The third-order valence-electron chi connectivity index (χ3n) is 6.81. The molecule has 2 saturated heterocycles. The Morgan fingerprint density at radius 2 is 1.18 bits per heavy atom. The number of carbonyl (C=O) groups is 3. The molecule has 2 aliphatic heterocycles. The minimum absolute atomic E-state index is 0.00343. The van der Waals surface area contributed by atoms with Crippen molar-refractivity contribution in [2.45, 2.75) is 91.9 Å². The van der Waals surface area contributed by atoms with Crippen molar-refractivity contribution in [2.75, 3.05) is 13.2 Å². The van der Waals surface area contributed by atoms with Crippen molar-refractivity contribution in [3.63, 3.8) is 0 Å². The van der Waals surface area contributed by atoms with Gasteiger partial charge in [0.2, 0.25) is 0 Å². The number of ketones is 1. The van der Waals surface area contributed by atoms with Crippen LogP contribution in [0, 0.1) is 22.7 Å². The molecule has 2 aliphatic rings. The van der Waals surface area contributed by atoms with Gasteiger partial charge in [0.15, 0.2) is 0 Å². The Labute approximate surface area is 169 Å².